The Labute approximate surface area is 113 Å². The minimum Gasteiger partial charge on any atom is -0.406 e. The third-order valence-corrected chi connectivity index (χ3v) is 3.02. The maximum absolute atomic E-state index is 12.2. The van der Waals surface area contributed by atoms with Crippen molar-refractivity contribution in [1.82, 2.24) is 4.90 Å². The van der Waals surface area contributed by atoms with Crippen LogP contribution in [0.4, 0.5) is 13.2 Å². The number of amides is 1. The van der Waals surface area contributed by atoms with Gasteiger partial charge in [0.2, 0.25) is 5.91 Å². The van der Waals surface area contributed by atoms with Crippen LogP contribution in [-0.2, 0) is 11.2 Å². The number of likely N-dealkylation sites (tertiary alicyclic amines) is 1. The van der Waals surface area contributed by atoms with E-state index in [9.17, 15) is 18.0 Å². The van der Waals surface area contributed by atoms with Gasteiger partial charge in [0.25, 0.3) is 0 Å². The van der Waals surface area contributed by atoms with E-state index in [-0.39, 0.29) is 24.5 Å². The summed E-state index contributed by atoms with van der Waals surface area (Å²) in [6, 6.07) is 5.76. The fourth-order valence-electron chi connectivity index (χ4n) is 1.99. The number of hydrogen-bond donors (Lipinski definition) is 1. The fraction of sp³-hybridized carbons (Fsp3) is 0.462. The van der Waals surface area contributed by atoms with Crippen LogP contribution in [0, 0.1) is 0 Å². The van der Waals surface area contributed by atoms with Gasteiger partial charge in [0, 0.05) is 19.5 Å². The number of β-amino-alcohol motifs (C(OH)–C–C–N with tert-alkyl or cyclic N) is 1. The zero-order valence-electron chi connectivity index (χ0n) is 10.6. The van der Waals surface area contributed by atoms with E-state index in [1.54, 1.807) is 6.07 Å². The normalized spacial score (nSPS) is 15.9. The SMILES string of the molecule is O=C(CCc1ccccc1OC(F)(F)F)N1CC(O)C1. The Hall–Kier alpha value is -1.76. The first kappa shape index (κ1) is 14.6. The quantitative estimate of drug-likeness (QED) is 0.918. The molecule has 2 rings (SSSR count). The van der Waals surface area contributed by atoms with E-state index in [4.69, 9.17) is 5.11 Å². The molecule has 7 heteroatoms. The summed E-state index contributed by atoms with van der Waals surface area (Å²) < 4.78 is 40.6. The van der Waals surface area contributed by atoms with Crippen molar-refractivity contribution in [2.24, 2.45) is 0 Å². The number of hydrogen-bond acceptors (Lipinski definition) is 3. The summed E-state index contributed by atoms with van der Waals surface area (Å²) in [6.45, 7) is 0.582. The molecule has 1 N–H and O–H groups in total. The molecule has 1 aromatic rings. The van der Waals surface area contributed by atoms with E-state index in [1.807, 2.05) is 0 Å². The van der Waals surface area contributed by atoms with Gasteiger partial charge in [-0.15, -0.1) is 13.2 Å². The Balaban J connectivity index is 1.94. The first-order chi connectivity index (χ1) is 9.35. The van der Waals surface area contributed by atoms with Crippen LogP contribution >= 0.6 is 0 Å². The molecule has 1 aliphatic heterocycles. The predicted octanol–water partition coefficient (Wildman–Crippen LogP) is 1.72. The number of para-hydroxylation sites is 1. The van der Waals surface area contributed by atoms with Gasteiger partial charge in [0.1, 0.15) is 5.75 Å². The number of carbonyl (C=O) groups excluding carboxylic acids is 1. The molecule has 0 radical (unpaired) electrons. The van der Waals surface area contributed by atoms with Gasteiger partial charge < -0.3 is 14.7 Å². The molecule has 0 aromatic heterocycles. The zero-order chi connectivity index (χ0) is 14.8. The van der Waals surface area contributed by atoms with Crippen molar-refractivity contribution in [3.8, 4) is 5.75 Å². The number of aliphatic hydroxyl groups is 1. The molecule has 1 heterocycles. The molecular weight excluding hydrogens is 275 g/mol. The van der Waals surface area contributed by atoms with Crippen LogP contribution in [0.2, 0.25) is 0 Å². The second kappa shape index (κ2) is 5.70. The van der Waals surface area contributed by atoms with Gasteiger partial charge in [-0.1, -0.05) is 18.2 Å². The average molecular weight is 289 g/mol. The second-order valence-electron chi connectivity index (χ2n) is 4.61. The maximum atomic E-state index is 12.2. The number of aliphatic hydroxyl groups excluding tert-OH is 1. The summed E-state index contributed by atoms with van der Waals surface area (Å²) in [5.41, 5.74) is 0.333. The van der Waals surface area contributed by atoms with E-state index in [0.29, 0.717) is 18.7 Å². The van der Waals surface area contributed by atoms with Gasteiger partial charge in [-0.3, -0.25) is 4.79 Å². The molecule has 0 unspecified atom stereocenters. The summed E-state index contributed by atoms with van der Waals surface area (Å²) in [7, 11) is 0. The summed E-state index contributed by atoms with van der Waals surface area (Å²) in [6.07, 6.45) is -4.98. The Morgan fingerprint density at radius 2 is 2.00 bits per heavy atom. The van der Waals surface area contributed by atoms with Crippen molar-refractivity contribution in [3.05, 3.63) is 29.8 Å². The summed E-state index contributed by atoms with van der Waals surface area (Å²) in [4.78, 5) is 13.2. The molecule has 0 spiro atoms. The number of alkyl halides is 3. The molecule has 1 saturated heterocycles. The standard InChI is InChI=1S/C13H14F3NO3/c14-13(15,16)20-11-4-2-1-3-9(11)5-6-12(19)17-7-10(18)8-17/h1-4,10,18H,5-8H2. The van der Waals surface area contributed by atoms with Gasteiger partial charge >= 0.3 is 6.36 Å². The number of nitrogens with zero attached hydrogens (tertiary/aromatic N) is 1. The minimum atomic E-state index is -4.75. The smallest absolute Gasteiger partial charge is 0.406 e. The predicted molar refractivity (Wildman–Crippen MR) is 64.0 cm³/mol. The molecule has 110 valence electrons. The number of rotatable bonds is 4. The Morgan fingerprint density at radius 1 is 1.35 bits per heavy atom. The van der Waals surface area contributed by atoms with Crippen LogP contribution in [0.1, 0.15) is 12.0 Å². The van der Waals surface area contributed by atoms with E-state index in [2.05, 4.69) is 4.74 Å². The Morgan fingerprint density at radius 3 is 2.60 bits per heavy atom. The fourth-order valence-corrected chi connectivity index (χ4v) is 1.99. The lowest BCUT2D eigenvalue weighted by Crippen LogP contribution is -2.53. The minimum absolute atomic E-state index is 0.0882. The topological polar surface area (TPSA) is 49.8 Å². The van der Waals surface area contributed by atoms with E-state index in [0.717, 1.165) is 0 Å². The number of halogens is 3. The molecule has 1 amide bonds. The van der Waals surface area contributed by atoms with Crippen molar-refractivity contribution in [2.75, 3.05) is 13.1 Å². The van der Waals surface area contributed by atoms with Gasteiger partial charge in [0.15, 0.2) is 0 Å². The Kier molecular flexibility index (Phi) is 4.17. The van der Waals surface area contributed by atoms with E-state index >= 15 is 0 Å². The molecule has 0 aliphatic carbocycles. The van der Waals surface area contributed by atoms with E-state index in [1.165, 1.54) is 23.1 Å². The molecule has 20 heavy (non-hydrogen) atoms. The zero-order valence-corrected chi connectivity index (χ0v) is 10.6. The first-order valence-electron chi connectivity index (χ1n) is 6.14. The third kappa shape index (κ3) is 3.86. The van der Waals surface area contributed by atoms with Crippen LogP contribution < -0.4 is 4.74 Å². The highest BCUT2D eigenvalue weighted by Gasteiger charge is 2.32. The number of ether oxygens (including phenoxy) is 1. The van der Waals surface area contributed by atoms with Crippen molar-refractivity contribution in [2.45, 2.75) is 25.3 Å². The van der Waals surface area contributed by atoms with Crippen molar-refractivity contribution in [3.63, 3.8) is 0 Å². The highest BCUT2D eigenvalue weighted by atomic mass is 19.4. The van der Waals surface area contributed by atoms with Crippen LogP contribution in [0.3, 0.4) is 0 Å². The highest BCUT2D eigenvalue weighted by Crippen LogP contribution is 2.27. The molecule has 1 aromatic carbocycles. The number of benzene rings is 1. The molecule has 0 atom stereocenters. The monoisotopic (exact) mass is 289 g/mol. The summed E-state index contributed by atoms with van der Waals surface area (Å²) in [5, 5.41) is 9.09. The maximum Gasteiger partial charge on any atom is 0.573 e. The number of carbonyl (C=O) groups is 1. The second-order valence-corrected chi connectivity index (χ2v) is 4.61. The average Bonchev–Trinajstić information content (AvgIpc) is 2.32. The lowest BCUT2D eigenvalue weighted by atomic mass is 10.1. The van der Waals surface area contributed by atoms with Crippen molar-refractivity contribution < 1.29 is 27.8 Å². The highest BCUT2D eigenvalue weighted by molar-refractivity contribution is 5.77. The Bertz CT molecular complexity index is 484. The van der Waals surface area contributed by atoms with Crippen molar-refractivity contribution >= 4 is 5.91 Å². The third-order valence-electron chi connectivity index (χ3n) is 3.02. The van der Waals surface area contributed by atoms with Crippen molar-refractivity contribution in [1.29, 1.82) is 0 Å². The molecule has 1 aliphatic rings. The first-order valence-corrected chi connectivity index (χ1v) is 6.14. The van der Waals surface area contributed by atoms with Crippen LogP contribution in [0.25, 0.3) is 0 Å². The van der Waals surface area contributed by atoms with Crippen LogP contribution in [-0.4, -0.2) is 41.5 Å². The van der Waals surface area contributed by atoms with Crippen LogP contribution in [0.5, 0.6) is 5.75 Å². The number of aryl methyl sites for hydroxylation is 1. The van der Waals surface area contributed by atoms with Gasteiger partial charge in [-0.05, 0) is 18.1 Å². The molecular formula is C13H14F3NO3. The molecule has 1 fully saturated rings. The largest absolute Gasteiger partial charge is 0.573 e. The van der Waals surface area contributed by atoms with E-state index < -0.39 is 12.5 Å². The van der Waals surface area contributed by atoms with Gasteiger partial charge in [-0.25, -0.2) is 0 Å². The molecule has 0 saturated carbocycles. The molecule has 4 nitrogen and oxygen atoms in total. The van der Waals surface area contributed by atoms with Gasteiger partial charge in [-0.2, -0.15) is 0 Å². The lowest BCUT2D eigenvalue weighted by molar-refractivity contribution is -0.274. The summed E-state index contributed by atoms with van der Waals surface area (Å²) in [5.74, 6) is -0.464. The van der Waals surface area contributed by atoms with Gasteiger partial charge in [0.05, 0.1) is 6.10 Å². The summed E-state index contributed by atoms with van der Waals surface area (Å²) >= 11 is 0. The lowest BCUT2D eigenvalue weighted by Gasteiger charge is -2.36. The molecule has 0 bridgehead atoms. The van der Waals surface area contributed by atoms with Crippen LogP contribution in [0.15, 0.2) is 24.3 Å².